The van der Waals surface area contributed by atoms with Gasteiger partial charge in [0.1, 0.15) is 12.4 Å². The first-order chi connectivity index (χ1) is 10.9. The first-order valence-electron chi connectivity index (χ1n) is 7.28. The van der Waals surface area contributed by atoms with E-state index in [4.69, 9.17) is 32.7 Å². The Kier molecular flexibility index (Phi) is 5.91. The number of hydrogen-bond acceptors (Lipinski definition) is 3. The Hall–Kier alpha value is -1.71. The highest BCUT2D eigenvalue weighted by atomic mass is 35.5. The summed E-state index contributed by atoms with van der Waals surface area (Å²) in [6.07, 6.45) is 0. The van der Waals surface area contributed by atoms with Gasteiger partial charge < -0.3 is 9.47 Å². The summed E-state index contributed by atoms with van der Waals surface area (Å²) in [7, 11) is 0. The smallest absolute Gasteiger partial charge is 0.338 e. The molecule has 2 rings (SSSR count). The maximum Gasteiger partial charge on any atom is 0.338 e. The van der Waals surface area contributed by atoms with Crippen LogP contribution < -0.4 is 4.74 Å². The molecular formula is C18H18Cl2O3. The highest BCUT2D eigenvalue weighted by Gasteiger charge is 2.16. The minimum Gasteiger partial charge on any atom is -0.488 e. The van der Waals surface area contributed by atoms with Crippen molar-refractivity contribution in [1.82, 2.24) is 0 Å². The minimum atomic E-state index is -0.410. The van der Waals surface area contributed by atoms with Crippen molar-refractivity contribution in [2.75, 3.05) is 6.61 Å². The lowest BCUT2D eigenvalue weighted by molar-refractivity contribution is 0.0523. The highest BCUT2D eigenvalue weighted by molar-refractivity contribution is 6.32. The number of aryl methyl sites for hydroxylation is 2. The minimum absolute atomic E-state index is 0.161. The molecule has 2 aromatic rings. The lowest BCUT2D eigenvalue weighted by atomic mass is 10.1. The summed E-state index contributed by atoms with van der Waals surface area (Å²) in [6.45, 7) is 6.10. The second kappa shape index (κ2) is 7.71. The van der Waals surface area contributed by atoms with Gasteiger partial charge in [0.25, 0.3) is 0 Å². The number of ether oxygens (including phenoxy) is 2. The molecule has 0 aliphatic heterocycles. The van der Waals surface area contributed by atoms with Crippen molar-refractivity contribution in [3.05, 3.63) is 62.6 Å². The van der Waals surface area contributed by atoms with Gasteiger partial charge in [-0.3, -0.25) is 0 Å². The summed E-state index contributed by atoms with van der Waals surface area (Å²) in [5, 5.41) is 1.10. The van der Waals surface area contributed by atoms with Crippen molar-refractivity contribution in [2.45, 2.75) is 27.4 Å². The second-order valence-electron chi connectivity index (χ2n) is 5.14. The van der Waals surface area contributed by atoms with E-state index in [2.05, 4.69) is 0 Å². The van der Waals surface area contributed by atoms with Crippen molar-refractivity contribution in [1.29, 1.82) is 0 Å². The molecule has 0 unspecified atom stereocenters. The third-order valence-electron chi connectivity index (χ3n) is 3.44. The quantitative estimate of drug-likeness (QED) is 0.679. The van der Waals surface area contributed by atoms with Gasteiger partial charge in [0, 0.05) is 15.6 Å². The van der Waals surface area contributed by atoms with Crippen LogP contribution in [0.5, 0.6) is 5.75 Å². The van der Waals surface area contributed by atoms with Crippen LogP contribution >= 0.6 is 23.2 Å². The van der Waals surface area contributed by atoms with Crippen molar-refractivity contribution >= 4 is 29.2 Å². The van der Waals surface area contributed by atoms with Crippen LogP contribution in [0.25, 0.3) is 0 Å². The number of carbonyl (C=O) groups is 1. The third kappa shape index (κ3) is 4.18. The normalized spacial score (nSPS) is 10.5. The summed E-state index contributed by atoms with van der Waals surface area (Å²) in [6, 6.07) is 8.84. The topological polar surface area (TPSA) is 35.5 Å². The molecular weight excluding hydrogens is 335 g/mol. The van der Waals surface area contributed by atoms with Crippen LogP contribution in [-0.4, -0.2) is 12.6 Å². The molecule has 0 heterocycles. The first kappa shape index (κ1) is 17.6. The van der Waals surface area contributed by atoms with Crippen LogP contribution in [0.1, 0.15) is 34.0 Å². The molecule has 0 saturated heterocycles. The van der Waals surface area contributed by atoms with E-state index in [-0.39, 0.29) is 6.61 Å². The fourth-order valence-electron chi connectivity index (χ4n) is 2.22. The Bertz CT molecular complexity index is 726. The van der Waals surface area contributed by atoms with Gasteiger partial charge in [-0.25, -0.2) is 4.79 Å². The summed E-state index contributed by atoms with van der Waals surface area (Å²) in [4.78, 5) is 12.0. The number of rotatable bonds is 5. The van der Waals surface area contributed by atoms with Gasteiger partial charge >= 0.3 is 5.97 Å². The predicted octanol–water partition coefficient (Wildman–Crippen LogP) is 5.37. The molecule has 0 aromatic heterocycles. The fraction of sp³-hybridized carbons (Fsp3) is 0.278. The number of carbonyl (C=O) groups excluding carboxylic acids is 1. The molecule has 2 aromatic carbocycles. The maximum absolute atomic E-state index is 12.0. The van der Waals surface area contributed by atoms with E-state index in [9.17, 15) is 4.79 Å². The van der Waals surface area contributed by atoms with Gasteiger partial charge in [-0.15, -0.1) is 0 Å². The molecule has 0 saturated carbocycles. The standard InChI is InChI=1S/C18H18Cl2O3/c1-4-22-18(21)13-6-5-7-15(19)14(13)10-23-17-9-16(20)11(2)8-12(17)3/h5-9H,4,10H2,1-3H3. The molecule has 0 spiro atoms. The van der Waals surface area contributed by atoms with Gasteiger partial charge in [-0.05, 0) is 50.1 Å². The molecule has 5 heteroatoms. The molecule has 0 amide bonds. The summed E-state index contributed by atoms with van der Waals surface area (Å²) in [5.41, 5.74) is 2.97. The summed E-state index contributed by atoms with van der Waals surface area (Å²) < 4.78 is 10.9. The number of benzene rings is 2. The van der Waals surface area contributed by atoms with Crippen LogP contribution in [0.4, 0.5) is 0 Å². The van der Waals surface area contributed by atoms with Gasteiger partial charge in [0.15, 0.2) is 0 Å². The Morgan fingerprint density at radius 1 is 1.09 bits per heavy atom. The zero-order chi connectivity index (χ0) is 17.0. The van der Waals surface area contributed by atoms with E-state index < -0.39 is 5.97 Å². The molecule has 0 bridgehead atoms. The average Bonchev–Trinajstić information content (AvgIpc) is 2.50. The van der Waals surface area contributed by atoms with E-state index in [1.165, 1.54) is 0 Å². The Morgan fingerprint density at radius 2 is 1.83 bits per heavy atom. The van der Waals surface area contributed by atoms with E-state index in [1.807, 2.05) is 19.9 Å². The van der Waals surface area contributed by atoms with Crippen molar-refractivity contribution in [2.24, 2.45) is 0 Å². The van der Waals surface area contributed by atoms with Crippen LogP contribution in [0, 0.1) is 13.8 Å². The Morgan fingerprint density at radius 3 is 2.52 bits per heavy atom. The van der Waals surface area contributed by atoms with Crippen LogP contribution in [0.3, 0.4) is 0 Å². The van der Waals surface area contributed by atoms with Gasteiger partial charge in [-0.1, -0.05) is 35.3 Å². The lowest BCUT2D eigenvalue weighted by Crippen LogP contribution is -2.10. The molecule has 0 atom stereocenters. The summed E-state index contributed by atoms with van der Waals surface area (Å²) >= 11 is 12.4. The average molecular weight is 353 g/mol. The Balaban J connectivity index is 2.27. The van der Waals surface area contributed by atoms with E-state index in [1.54, 1.807) is 31.2 Å². The van der Waals surface area contributed by atoms with E-state index in [0.29, 0.717) is 33.5 Å². The zero-order valence-corrected chi connectivity index (χ0v) is 14.8. The largest absolute Gasteiger partial charge is 0.488 e. The maximum atomic E-state index is 12.0. The van der Waals surface area contributed by atoms with E-state index in [0.717, 1.165) is 11.1 Å². The zero-order valence-electron chi connectivity index (χ0n) is 13.3. The molecule has 3 nitrogen and oxygen atoms in total. The van der Waals surface area contributed by atoms with Gasteiger partial charge in [-0.2, -0.15) is 0 Å². The van der Waals surface area contributed by atoms with E-state index >= 15 is 0 Å². The van der Waals surface area contributed by atoms with Crippen LogP contribution in [0.15, 0.2) is 30.3 Å². The molecule has 23 heavy (non-hydrogen) atoms. The van der Waals surface area contributed by atoms with Crippen LogP contribution in [0.2, 0.25) is 10.0 Å². The molecule has 122 valence electrons. The SMILES string of the molecule is CCOC(=O)c1cccc(Cl)c1COc1cc(Cl)c(C)cc1C. The molecule has 0 radical (unpaired) electrons. The second-order valence-corrected chi connectivity index (χ2v) is 5.96. The molecule has 0 N–H and O–H groups in total. The summed E-state index contributed by atoms with van der Waals surface area (Å²) in [5.74, 6) is 0.252. The molecule has 0 fully saturated rings. The first-order valence-corrected chi connectivity index (χ1v) is 8.03. The molecule has 0 aliphatic carbocycles. The monoisotopic (exact) mass is 352 g/mol. The predicted molar refractivity (Wildman–Crippen MR) is 92.7 cm³/mol. The van der Waals surface area contributed by atoms with Crippen molar-refractivity contribution < 1.29 is 14.3 Å². The number of halogens is 2. The van der Waals surface area contributed by atoms with Crippen LogP contribution in [-0.2, 0) is 11.3 Å². The number of esters is 1. The van der Waals surface area contributed by atoms with Crippen molar-refractivity contribution in [3.8, 4) is 5.75 Å². The highest BCUT2D eigenvalue weighted by Crippen LogP contribution is 2.28. The molecule has 0 aliphatic rings. The van der Waals surface area contributed by atoms with Gasteiger partial charge in [0.2, 0.25) is 0 Å². The Labute approximate surface area is 146 Å². The van der Waals surface area contributed by atoms with Gasteiger partial charge in [0.05, 0.1) is 12.2 Å². The van der Waals surface area contributed by atoms with Crippen molar-refractivity contribution in [3.63, 3.8) is 0 Å². The lowest BCUT2D eigenvalue weighted by Gasteiger charge is -2.14. The fourth-order valence-corrected chi connectivity index (χ4v) is 2.60. The third-order valence-corrected chi connectivity index (χ3v) is 4.20. The number of hydrogen-bond donors (Lipinski definition) is 0.